The van der Waals surface area contributed by atoms with E-state index in [4.69, 9.17) is 9.47 Å². The number of imidazole rings is 1. The van der Waals surface area contributed by atoms with Gasteiger partial charge in [-0.15, -0.1) is 0 Å². The SMILES string of the molecule is CCCCC(C)CC1CC(CSc2nc3cc(OC(F)F)ccc3n2C)OC(C)(C)O1. The summed E-state index contributed by atoms with van der Waals surface area (Å²) in [5.41, 5.74) is 1.51. The maximum Gasteiger partial charge on any atom is 0.387 e. The van der Waals surface area contributed by atoms with Gasteiger partial charge in [0.15, 0.2) is 10.9 Å². The molecule has 1 aromatic carbocycles. The molecule has 31 heavy (non-hydrogen) atoms. The maximum atomic E-state index is 12.5. The second kappa shape index (κ2) is 10.5. The van der Waals surface area contributed by atoms with Crippen LogP contribution in [0, 0.1) is 5.92 Å². The molecule has 0 radical (unpaired) electrons. The van der Waals surface area contributed by atoms with E-state index in [1.165, 1.54) is 19.3 Å². The molecule has 3 unspecified atom stereocenters. The molecular weight excluding hydrogens is 422 g/mol. The highest BCUT2D eigenvalue weighted by Gasteiger charge is 2.36. The van der Waals surface area contributed by atoms with Crippen molar-refractivity contribution in [3.05, 3.63) is 18.2 Å². The Kier molecular flexibility index (Phi) is 8.21. The second-order valence-electron chi connectivity index (χ2n) is 8.89. The minimum Gasteiger partial charge on any atom is -0.435 e. The summed E-state index contributed by atoms with van der Waals surface area (Å²) in [6.07, 6.45) is 5.87. The average molecular weight is 457 g/mol. The van der Waals surface area contributed by atoms with Crippen LogP contribution in [0.2, 0.25) is 0 Å². The van der Waals surface area contributed by atoms with E-state index in [-0.39, 0.29) is 18.0 Å². The zero-order valence-electron chi connectivity index (χ0n) is 19.1. The molecule has 2 aromatic rings. The summed E-state index contributed by atoms with van der Waals surface area (Å²) in [6, 6.07) is 4.85. The van der Waals surface area contributed by atoms with Crippen molar-refractivity contribution in [2.75, 3.05) is 5.75 Å². The molecule has 1 aromatic heterocycles. The molecule has 1 fully saturated rings. The van der Waals surface area contributed by atoms with Crippen molar-refractivity contribution in [2.24, 2.45) is 13.0 Å². The number of aromatic nitrogens is 2. The van der Waals surface area contributed by atoms with Gasteiger partial charge in [-0.3, -0.25) is 0 Å². The molecule has 2 heterocycles. The first kappa shape index (κ1) is 24.3. The minimum absolute atomic E-state index is 0.0645. The third-order valence-corrected chi connectivity index (χ3v) is 6.74. The van der Waals surface area contributed by atoms with Gasteiger partial charge >= 0.3 is 6.61 Å². The number of hydrogen-bond acceptors (Lipinski definition) is 5. The molecule has 0 amide bonds. The number of nitrogens with zero attached hydrogens (tertiary/aromatic N) is 2. The van der Waals surface area contributed by atoms with Gasteiger partial charge in [0.25, 0.3) is 0 Å². The summed E-state index contributed by atoms with van der Waals surface area (Å²) in [7, 11) is 1.93. The molecule has 1 aliphatic rings. The number of fused-ring (bicyclic) bond motifs is 1. The summed E-state index contributed by atoms with van der Waals surface area (Å²) < 4.78 is 43.8. The molecule has 0 bridgehead atoms. The first-order valence-electron chi connectivity index (χ1n) is 11.1. The van der Waals surface area contributed by atoms with Crippen LogP contribution in [0.25, 0.3) is 11.0 Å². The molecule has 1 aliphatic heterocycles. The smallest absolute Gasteiger partial charge is 0.387 e. The van der Waals surface area contributed by atoms with Crippen molar-refractivity contribution in [2.45, 2.75) is 89.6 Å². The van der Waals surface area contributed by atoms with Crippen LogP contribution in [-0.4, -0.2) is 39.9 Å². The van der Waals surface area contributed by atoms with Gasteiger partial charge in [0, 0.05) is 25.3 Å². The number of alkyl halides is 2. The van der Waals surface area contributed by atoms with E-state index in [1.807, 2.05) is 25.5 Å². The zero-order valence-corrected chi connectivity index (χ0v) is 19.9. The first-order valence-corrected chi connectivity index (χ1v) is 12.0. The van der Waals surface area contributed by atoms with Crippen LogP contribution in [0.4, 0.5) is 8.78 Å². The van der Waals surface area contributed by atoms with Gasteiger partial charge in [-0.1, -0.05) is 44.9 Å². The van der Waals surface area contributed by atoms with Crippen LogP contribution < -0.4 is 4.74 Å². The van der Waals surface area contributed by atoms with E-state index < -0.39 is 12.4 Å². The Morgan fingerprint density at radius 3 is 2.74 bits per heavy atom. The predicted octanol–water partition coefficient (Wildman–Crippen LogP) is 6.39. The van der Waals surface area contributed by atoms with Gasteiger partial charge < -0.3 is 18.8 Å². The Bertz CT molecular complexity index is 859. The van der Waals surface area contributed by atoms with Crippen LogP contribution in [0.3, 0.4) is 0 Å². The summed E-state index contributed by atoms with van der Waals surface area (Å²) in [5, 5.41) is 0.824. The fourth-order valence-electron chi connectivity index (χ4n) is 4.22. The van der Waals surface area contributed by atoms with E-state index >= 15 is 0 Å². The van der Waals surface area contributed by atoms with Crippen molar-refractivity contribution < 1.29 is 23.0 Å². The number of unbranched alkanes of at least 4 members (excludes halogenated alkanes) is 1. The number of ether oxygens (including phenoxy) is 3. The molecule has 3 atom stereocenters. The summed E-state index contributed by atoms with van der Waals surface area (Å²) in [5.74, 6) is 0.903. The Labute approximate surface area is 187 Å². The van der Waals surface area contributed by atoms with Crippen LogP contribution in [0.15, 0.2) is 23.4 Å². The molecule has 8 heteroatoms. The number of benzene rings is 1. The van der Waals surface area contributed by atoms with Crippen molar-refractivity contribution in [3.63, 3.8) is 0 Å². The number of thioether (sulfide) groups is 1. The molecular formula is C23H34F2N2O3S. The summed E-state index contributed by atoms with van der Waals surface area (Å²) in [6.45, 7) is 5.64. The quantitative estimate of drug-likeness (QED) is 0.388. The molecule has 0 aliphatic carbocycles. The fraction of sp³-hybridized carbons (Fsp3) is 0.696. The van der Waals surface area contributed by atoms with Gasteiger partial charge in [-0.2, -0.15) is 8.78 Å². The molecule has 5 nitrogen and oxygen atoms in total. The largest absolute Gasteiger partial charge is 0.435 e. The van der Waals surface area contributed by atoms with E-state index in [9.17, 15) is 8.78 Å². The summed E-state index contributed by atoms with van der Waals surface area (Å²) in [4.78, 5) is 4.62. The monoisotopic (exact) mass is 456 g/mol. The summed E-state index contributed by atoms with van der Waals surface area (Å²) >= 11 is 1.62. The third-order valence-electron chi connectivity index (χ3n) is 5.58. The normalized spacial score (nSPS) is 22.2. The average Bonchev–Trinajstić information content (AvgIpc) is 2.98. The van der Waals surface area contributed by atoms with Crippen molar-refractivity contribution in [1.29, 1.82) is 0 Å². The zero-order chi connectivity index (χ0) is 22.6. The lowest BCUT2D eigenvalue weighted by Gasteiger charge is -2.41. The topological polar surface area (TPSA) is 45.5 Å². The molecule has 0 spiro atoms. The van der Waals surface area contributed by atoms with E-state index in [0.717, 1.165) is 29.3 Å². The standard InChI is InChI=1S/C23H34F2N2O3S/c1-6-7-8-15(2)11-17-12-18(30-23(3,4)29-17)14-31-22-26-19-13-16(28-21(24)25)9-10-20(19)27(22)5/h9-10,13,15,17-18,21H,6-8,11-12,14H2,1-5H3. The molecule has 0 saturated carbocycles. The Balaban J connectivity index is 1.63. The molecule has 0 N–H and O–H groups in total. The maximum absolute atomic E-state index is 12.5. The number of hydrogen-bond donors (Lipinski definition) is 0. The molecule has 1 saturated heterocycles. The second-order valence-corrected chi connectivity index (χ2v) is 9.88. The van der Waals surface area contributed by atoms with Crippen molar-refractivity contribution in [1.82, 2.24) is 9.55 Å². The Morgan fingerprint density at radius 1 is 1.29 bits per heavy atom. The van der Waals surface area contributed by atoms with Crippen LogP contribution in [0.1, 0.15) is 59.8 Å². The van der Waals surface area contributed by atoms with Crippen LogP contribution >= 0.6 is 11.8 Å². The highest BCUT2D eigenvalue weighted by atomic mass is 32.2. The van der Waals surface area contributed by atoms with Gasteiger partial charge in [-0.25, -0.2) is 4.98 Å². The van der Waals surface area contributed by atoms with Crippen LogP contribution in [-0.2, 0) is 16.5 Å². The van der Waals surface area contributed by atoms with Gasteiger partial charge in [0.05, 0.1) is 23.2 Å². The first-order chi connectivity index (χ1) is 14.7. The predicted molar refractivity (Wildman–Crippen MR) is 120 cm³/mol. The van der Waals surface area contributed by atoms with E-state index in [0.29, 0.717) is 11.4 Å². The van der Waals surface area contributed by atoms with Crippen LogP contribution in [0.5, 0.6) is 5.75 Å². The van der Waals surface area contributed by atoms with Crippen molar-refractivity contribution in [3.8, 4) is 5.75 Å². The van der Waals surface area contributed by atoms with E-state index in [2.05, 4.69) is 23.6 Å². The Hall–Kier alpha value is -1.38. The van der Waals surface area contributed by atoms with Gasteiger partial charge in [0.1, 0.15) is 5.75 Å². The Morgan fingerprint density at radius 2 is 2.03 bits per heavy atom. The molecule has 3 rings (SSSR count). The van der Waals surface area contributed by atoms with Gasteiger partial charge in [0.2, 0.25) is 0 Å². The lowest BCUT2D eigenvalue weighted by atomic mass is 9.94. The number of halogens is 2. The fourth-order valence-corrected chi connectivity index (χ4v) is 5.21. The van der Waals surface area contributed by atoms with Gasteiger partial charge in [-0.05, 0) is 38.3 Å². The lowest BCUT2D eigenvalue weighted by Crippen LogP contribution is -2.46. The number of rotatable bonds is 10. The molecule has 174 valence electrons. The minimum atomic E-state index is -2.85. The van der Waals surface area contributed by atoms with E-state index in [1.54, 1.807) is 30.0 Å². The third kappa shape index (κ3) is 6.80. The van der Waals surface area contributed by atoms with Crippen molar-refractivity contribution >= 4 is 22.8 Å². The highest BCUT2D eigenvalue weighted by Crippen LogP contribution is 2.34. The number of aryl methyl sites for hydroxylation is 1. The lowest BCUT2D eigenvalue weighted by molar-refractivity contribution is -0.297. The highest BCUT2D eigenvalue weighted by molar-refractivity contribution is 7.99.